The van der Waals surface area contributed by atoms with Crippen LogP contribution in [0, 0.1) is 32.9 Å². The average Bonchev–Trinajstić information content (AvgIpc) is 3.75. The Hall–Kier alpha value is -6.06. The van der Waals surface area contributed by atoms with Crippen LogP contribution in [0.15, 0.2) is 146 Å². The minimum atomic E-state index is 0. The quantitative estimate of drug-likeness (QED) is 0.113. The van der Waals surface area contributed by atoms with Gasteiger partial charge in [-0.15, -0.1) is 35.7 Å². The first kappa shape index (κ1) is 35.9. The van der Waals surface area contributed by atoms with Gasteiger partial charge in [0.2, 0.25) is 0 Å². The number of aryl methyl sites for hydroxylation is 4. The zero-order valence-electron chi connectivity index (χ0n) is 31.1. The molecule has 0 aliphatic heterocycles. The molecule has 6 heteroatoms. The number of nitrogens with zero attached hydrogens (tertiary/aromatic N) is 4. The van der Waals surface area contributed by atoms with E-state index >= 15 is 0 Å². The Kier molecular flexibility index (Phi) is 9.80. The van der Waals surface area contributed by atoms with Gasteiger partial charge in [0, 0.05) is 39.9 Å². The number of hydrogen-bond acceptors (Lipinski definition) is 3. The summed E-state index contributed by atoms with van der Waals surface area (Å²) in [5, 5.41) is 7.64. The van der Waals surface area contributed by atoms with E-state index in [1.165, 1.54) is 22.3 Å². The van der Waals surface area contributed by atoms with Crippen LogP contribution in [-0.4, -0.2) is 19.3 Å². The molecule has 55 heavy (non-hydrogen) atoms. The van der Waals surface area contributed by atoms with Gasteiger partial charge in [0.1, 0.15) is 11.5 Å². The summed E-state index contributed by atoms with van der Waals surface area (Å²) in [6, 6.07) is 55.5. The molecule has 9 aromatic rings. The second kappa shape index (κ2) is 15.0. The average molecular weight is 805 g/mol. The Labute approximate surface area is 335 Å². The maximum absolute atomic E-state index is 6.67. The number of aromatic nitrogens is 4. The van der Waals surface area contributed by atoms with Crippen molar-refractivity contribution in [3.8, 4) is 56.6 Å². The SMILES string of the molecule is CCc1ccnc(-n2c3[c-]c(Oc4[c-]c(-n5nc(-c6ccccc6)c(-c6c(C)cccc6C)c5-c5ccccc5)cc(C)c4)ccc3c3ccccc32)c1.[Pd+2]. The topological polar surface area (TPSA) is 44.9 Å². The third kappa shape index (κ3) is 6.59. The molecule has 0 atom stereocenters. The Balaban J connectivity index is 0.00000427. The van der Waals surface area contributed by atoms with Crippen molar-refractivity contribution in [2.24, 2.45) is 0 Å². The number of ether oxygens (including phenoxy) is 1. The van der Waals surface area contributed by atoms with E-state index in [9.17, 15) is 0 Å². The third-order valence-corrected chi connectivity index (χ3v) is 10.1. The summed E-state index contributed by atoms with van der Waals surface area (Å²) in [4.78, 5) is 4.78. The molecule has 0 unspecified atom stereocenters. The van der Waals surface area contributed by atoms with Crippen molar-refractivity contribution >= 4 is 21.8 Å². The molecule has 0 fully saturated rings. The molecular formula is C49H38N4OPd. The van der Waals surface area contributed by atoms with Crippen molar-refractivity contribution in [2.75, 3.05) is 0 Å². The van der Waals surface area contributed by atoms with Crippen molar-refractivity contribution in [1.82, 2.24) is 19.3 Å². The summed E-state index contributed by atoms with van der Waals surface area (Å²) in [5.74, 6) is 2.04. The summed E-state index contributed by atoms with van der Waals surface area (Å²) in [5.41, 5.74) is 13.7. The second-order valence-corrected chi connectivity index (χ2v) is 13.8. The zero-order valence-corrected chi connectivity index (χ0v) is 32.6. The number of pyridine rings is 1. The molecule has 0 radical (unpaired) electrons. The fourth-order valence-corrected chi connectivity index (χ4v) is 7.62. The van der Waals surface area contributed by atoms with Gasteiger partial charge in [0.25, 0.3) is 0 Å². The van der Waals surface area contributed by atoms with Gasteiger partial charge in [-0.25, -0.2) is 4.98 Å². The van der Waals surface area contributed by atoms with Crippen LogP contribution in [-0.2, 0) is 26.8 Å². The molecule has 0 aliphatic rings. The van der Waals surface area contributed by atoms with Gasteiger partial charge < -0.3 is 9.30 Å². The second-order valence-electron chi connectivity index (χ2n) is 13.8. The molecule has 0 saturated heterocycles. The van der Waals surface area contributed by atoms with E-state index in [-0.39, 0.29) is 20.4 Å². The van der Waals surface area contributed by atoms with Crippen LogP contribution >= 0.6 is 0 Å². The van der Waals surface area contributed by atoms with Crippen LogP contribution < -0.4 is 4.74 Å². The predicted molar refractivity (Wildman–Crippen MR) is 220 cm³/mol. The summed E-state index contributed by atoms with van der Waals surface area (Å²) in [6.45, 7) is 8.60. The summed E-state index contributed by atoms with van der Waals surface area (Å²) in [7, 11) is 0. The van der Waals surface area contributed by atoms with Crippen molar-refractivity contribution in [1.29, 1.82) is 0 Å². The molecule has 6 aromatic carbocycles. The van der Waals surface area contributed by atoms with Crippen LogP contribution in [0.5, 0.6) is 11.5 Å². The fraction of sp³-hybridized carbons (Fsp3) is 0.102. The monoisotopic (exact) mass is 804 g/mol. The number of benzene rings is 6. The molecule has 0 bridgehead atoms. The number of hydrogen-bond donors (Lipinski definition) is 0. The van der Waals surface area contributed by atoms with Gasteiger partial charge in [-0.05, 0) is 71.8 Å². The first-order chi connectivity index (χ1) is 26.5. The van der Waals surface area contributed by atoms with E-state index in [4.69, 9.17) is 14.8 Å². The Morgan fingerprint density at radius 2 is 1.35 bits per heavy atom. The van der Waals surface area contributed by atoms with Crippen molar-refractivity contribution in [3.05, 3.63) is 180 Å². The first-order valence-electron chi connectivity index (χ1n) is 18.4. The van der Waals surface area contributed by atoms with E-state index in [0.717, 1.165) is 73.4 Å². The molecule has 0 N–H and O–H groups in total. The largest absolute Gasteiger partial charge is 2.00 e. The van der Waals surface area contributed by atoms with Crippen LogP contribution in [0.3, 0.4) is 0 Å². The molecular weight excluding hydrogens is 767 g/mol. The molecule has 0 spiro atoms. The molecule has 0 amide bonds. The fourth-order valence-electron chi connectivity index (χ4n) is 7.62. The number of rotatable bonds is 8. The van der Waals surface area contributed by atoms with Crippen LogP contribution in [0.4, 0.5) is 0 Å². The molecule has 3 aromatic heterocycles. The number of fused-ring (bicyclic) bond motifs is 3. The van der Waals surface area contributed by atoms with E-state index < -0.39 is 0 Å². The zero-order chi connectivity index (χ0) is 36.8. The Bertz CT molecular complexity index is 2800. The maximum atomic E-state index is 6.67. The van der Waals surface area contributed by atoms with Gasteiger partial charge in [-0.1, -0.05) is 116 Å². The molecule has 0 aliphatic carbocycles. The standard InChI is InChI=1S/C49H38N4O.Pd/c1-5-35-25-26-50-45(29-35)52-43-22-13-12-21-41(43)42-24-23-39(31-44(42)52)54-40-28-32(2)27-38(30-40)53-49(37-19-10-7-11-20-37)47(46-33(3)15-14-16-34(46)4)48(51-53)36-17-8-6-9-18-36;/h6-29H,5H2,1-4H3;/q-2;+2. The maximum Gasteiger partial charge on any atom is 2.00 e. The number of para-hydroxylation sites is 1. The van der Waals surface area contributed by atoms with E-state index in [1.54, 1.807) is 0 Å². The van der Waals surface area contributed by atoms with E-state index in [0.29, 0.717) is 11.5 Å². The molecule has 0 saturated carbocycles. The molecule has 270 valence electrons. The first-order valence-corrected chi connectivity index (χ1v) is 18.4. The molecule has 9 rings (SSSR count). The normalized spacial score (nSPS) is 11.2. The van der Waals surface area contributed by atoms with Crippen molar-refractivity contribution in [3.63, 3.8) is 0 Å². The third-order valence-electron chi connectivity index (χ3n) is 10.1. The van der Waals surface area contributed by atoms with Gasteiger partial charge in [-0.2, -0.15) is 16.7 Å². The van der Waals surface area contributed by atoms with Crippen molar-refractivity contribution in [2.45, 2.75) is 34.1 Å². The summed E-state index contributed by atoms with van der Waals surface area (Å²) in [6.07, 6.45) is 2.81. The van der Waals surface area contributed by atoms with Crippen LogP contribution in [0.25, 0.3) is 67.0 Å². The smallest absolute Gasteiger partial charge is 0.509 e. The Morgan fingerprint density at radius 3 is 2.09 bits per heavy atom. The van der Waals surface area contributed by atoms with Crippen LogP contribution in [0.2, 0.25) is 0 Å². The van der Waals surface area contributed by atoms with Gasteiger partial charge in [0.05, 0.1) is 5.69 Å². The predicted octanol–water partition coefficient (Wildman–Crippen LogP) is 12.2. The molecule has 5 nitrogen and oxygen atoms in total. The van der Waals surface area contributed by atoms with Gasteiger partial charge in [0.15, 0.2) is 0 Å². The minimum absolute atomic E-state index is 0. The van der Waals surface area contributed by atoms with Gasteiger partial charge >= 0.3 is 20.4 Å². The van der Waals surface area contributed by atoms with Crippen LogP contribution in [0.1, 0.15) is 29.2 Å². The minimum Gasteiger partial charge on any atom is -0.509 e. The van der Waals surface area contributed by atoms with E-state index in [2.05, 4.69) is 166 Å². The van der Waals surface area contributed by atoms with Gasteiger partial charge in [-0.3, -0.25) is 4.68 Å². The van der Waals surface area contributed by atoms with E-state index in [1.807, 2.05) is 29.1 Å². The Morgan fingerprint density at radius 1 is 0.636 bits per heavy atom. The van der Waals surface area contributed by atoms with Crippen molar-refractivity contribution < 1.29 is 25.2 Å². The molecule has 3 heterocycles. The summed E-state index contributed by atoms with van der Waals surface area (Å²) < 4.78 is 10.9. The summed E-state index contributed by atoms with van der Waals surface area (Å²) >= 11 is 0.